The quantitative estimate of drug-likeness (QED) is 0.0415. The molecular formula is C55H86O24. The van der Waals surface area contributed by atoms with Crippen molar-refractivity contribution in [1.82, 2.24) is 0 Å². The Balaban J connectivity index is 1.12. The molecule has 0 radical (unpaired) electrons. The summed E-state index contributed by atoms with van der Waals surface area (Å²) in [5.41, 5.74) is -3.78. The Morgan fingerprint density at radius 3 is 1.76 bits per heavy atom. The van der Waals surface area contributed by atoms with E-state index < -0.39 is 199 Å². The van der Waals surface area contributed by atoms with Gasteiger partial charge >= 0.3 is 17.9 Å². The smallest absolute Gasteiger partial charge is 0.335 e. The predicted molar refractivity (Wildman–Crippen MR) is 269 cm³/mol. The summed E-state index contributed by atoms with van der Waals surface area (Å²) in [7, 11) is 0. The Bertz CT molecular complexity index is 2290. The number of carbonyl (C=O) groups is 3. The Morgan fingerprint density at radius 1 is 0.658 bits per heavy atom. The van der Waals surface area contributed by atoms with Crippen molar-refractivity contribution in [2.24, 2.45) is 50.2 Å². The van der Waals surface area contributed by atoms with Gasteiger partial charge in [-0.3, -0.25) is 4.79 Å². The lowest BCUT2D eigenvalue weighted by atomic mass is 9.33. The van der Waals surface area contributed by atoms with Gasteiger partial charge < -0.3 is 104 Å². The third kappa shape index (κ3) is 9.94. The molecule has 450 valence electrons. The van der Waals surface area contributed by atoms with Gasteiger partial charge in [-0.05, 0) is 92.8 Å². The van der Waals surface area contributed by atoms with Crippen molar-refractivity contribution in [3.63, 3.8) is 0 Å². The van der Waals surface area contributed by atoms with Gasteiger partial charge in [-0.2, -0.15) is 0 Å². The number of hydrogen-bond donors (Lipinski definition) is 13. The van der Waals surface area contributed by atoms with Gasteiger partial charge in [-0.25, -0.2) is 9.59 Å². The van der Waals surface area contributed by atoms with E-state index in [2.05, 4.69) is 26.8 Å². The summed E-state index contributed by atoms with van der Waals surface area (Å²) in [5, 5.41) is 143. The van der Waals surface area contributed by atoms with Crippen LogP contribution in [0.2, 0.25) is 0 Å². The van der Waals surface area contributed by atoms with Gasteiger partial charge in [-0.15, -0.1) is 0 Å². The standard InChI is InChI=1S/C55H86O24/c1-10-23(2)46(71)79-43-44(72-24(3)60)55(22-59)26(17-50(43,4)5)25-11-12-30-51(6)15-14-32(52(7,21-58)29(51)13-16-53(30,8)54(25,9)18-31(55)61)75-49-41(77-48-38(67)36(65)34(63)28(20-57)74-48)39(68)40(42(78-49)45(69)70)76-47-37(66)35(64)33(62)27(19-56)73-47/h10-11,26-44,47-49,56-59,61-68H,12-22H2,1-9H3,(H,69,70)/b23-10+/t26?,27-,28-,29?,30?,31-,32+,33-,34-,35+,36+,37-,38-,39+,40+,41-,42+,43+,44+,47-,48-,49-,51?,52-,53?,54-,55?/m1/s1. The number of allylic oxidation sites excluding steroid dienone is 3. The minimum atomic E-state index is -2.18. The fourth-order valence-electron chi connectivity index (χ4n) is 16.2. The van der Waals surface area contributed by atoms with E-state index in [4.69, 9.17) is 37.9 Å². The fourth-order valence-corrected chi connectivity index (χ4v) is 16.2. The van der Waals surface area contributed by atoms with Gasteiger partial charge in [0.05, 0.1) is 44.1 Å². The van der Waals surface area contributed by atoms with Crippen LogP contribution >= 0.6 is 0 Å². The molecule has 0 aromatic rings. The number of carbonyl (C=O) groups excluding carboxylic acids is 2. The monoisotopic (exact) mass is 1130 g/mol. The molecule has 0 bridgehead atoms. The highest BCUT2D eigenvalue weighted by Gasteiger charge is 2.74. The second kappa shape index (κ2) is 22.6. The maximum atomic E-state index is 13.4. The van der Waals surface area contributed by atoms with Crippen LogP contribution in [-0.2, 0) is 52.3 Å². The maximum absolute atomic E-state index is 13.4. The molecule has 3 heterocycles. The molecule has 24 heteroatoms. The summed E-state index contributed by atoms with van der Waals surface area (Å²) < 4.78 is 48.2. The number of esters is 2. The summed E-state index contributed by atoms with van der Waals surface area (Å²) in [4.78, 5) is 39.5. The third-order valence-corrected chi connectivity index (χ3v) is 21.1. The average Bonchev–Trinajstić information content (AvgIpc) is 3.25. The zero-order valence-electron chi connectivity index (χ0n) is 46.4. The van der Waals surface area contributed by atoms with Crippen molar-refractivity contribution in [1.29, 1.82) is 0 Å². The Morgan fingerprint density at radius 2 is 1.24 bits per heavy atom. The number of rotatable bonds is 14. The number of carboxylic acids is 1. The van der Waals surface area contributed by atoms with E-state index in [0.717, 1.165) is 5.57 Å². The van der Waals surface area contributed by atoms with Gasteiger partial charge in [0.15, 0.2) is 25.0 Å². The van der Waals surface area contributed by atoms with Crippen molar-refractivity contribution in [2.75, 3.05) is 26.4 Å². The Kier molecular flexibility index (Phi) is 17.8. The normalized spacial score (nSPS) is 50.6. The van der Waals surface area contributed by atoms with E-state index in [9.17, 15) is 80.8 Å². The van der Waals surface area contributed by atoms with Crippen LogP contribution < -0.4 is 0 Å². The Labute approximate surface area is 459 Å². The van der Waals surface area contributed by atoms with E-state index in [1.54, 1.807) is 19.9 Å². The average molecular weight is 1130 g/mol. The number of carboxylic acid groups (broad SMARTS) is 1. The molecule has 0 spiro atoms. The molecule has 8 aliphatic rings. The molecule has 7 fully saturated rings. The first-order valence-electron chi connectivity index (χ1n) is 27.7. The van der Waals surface area contributed by atoms with Gasteiger partial charge in [0.2, 0.25) is 0 Å². The van der Waals surface area contributed by atoms with Crippen LogP contribution in [-0.4, -0.2) is 227 Å². The molecule has 13 N–H and O–H groups in total. The summed E-state index contributed by atoms with van der Waals surface area (Å²) in [6.07, 6.45) is -26.5. The van der Waals surface area contributed by atoms with Crippen LogP contribution in [0.4, 0.5) is 0 Å². The Hall–Kier alpha value is -2.83. The summed E-state index contributed by atoms with van der Waals surface area (Å²) in [5.74, 6) is -3.88. The molecule has 24 nitrogen and oxygen atoms in total. The van der Waals surface area contributed by atoms with Crippen molar-refractivity contribution in [2.45, 2.75) is 224 Å². The molecule has 79 heavy (non-hydrogen) atoms. The van der Waals surface area contributed by atoms with Gasteiger partial charge in [0.25, 0.3) is 0 Å². The fraction of sp³-hybridized carbons (Fsp3) is 0.873. The number of fused-ring (bicyclic) bond motifs is 7. The molecule has 0 aromatic heterocycles. The van der Waals surface area contributed by atoms with Crippen LogP contribution in [0.5, 0.6) is 0 Å². The van der Waals surface area contributed by atoms with E-state index in [1.807, 2.05) is 20.8 Å². The van der Waals surface area contributed by atoms with Gasteiger partial charge in [0.1, 0.15) is 79.4 Å². The lowest BCUT2D eigenvalue weighted by Gasteiger charge is -2.72. The number of aliphatic hydroxyl groups is 12. The lowest BCUT2D eigenvalue weighted by molar-refractivity contribution is -0.392. The van der Waals surface area contributed by atoms with E-state index in [1.165, 1.54) is 6.92 Å². The van der Waals surface area contributed by atoms with E-state index >= 15 is 0 Å². The second-order valence-electron chi connectivity index (χ2n) is 25.5. The largest absolute Gasteiger partial charge is 0.479 e. The summed E-state index contributed by atoms with van der Waals surface area (Å²) in [6.45, 7) is 14.1. The second-order valence-corrected chi connectivity index (χ2v) is 25.5. The molecular weight excluding hydrogens is 1040 g/mol. The zero-order valence-corrected chi connectivity index (χ0v) is 46.4. The van der Waals surface area contributed by atoms with Crippen molar-refractivity contribution in [3.8, 4) is 0 Å². The molecule has 8 rings (SSSR count). The molecule has 3 aliphatic heterocycles. The van der Waals surface area contributed by atoms with Crippen LogP contribution in [0.3, 0.4) is 0 Å². The summed E-state index contributed by atoms with van der Waals surface area (Å²) >= 11 is 0. The van der Waals surface area contributed by atoms with Crippen molar-refractivity contribution in [3.05, 3.63) is 23.3 Å². The van der Waals surface area contributed by atoms with E-state index in [-0.39, 0.29) is 24.7 Å². The van der Waals surface area contributed by atoms with Crippen molar-refractivity contribution >= 4 is 17.9 Å². The topological polar surface area (TPSA) is 388 Å². The zero-order chi connectivity index (χ0) is 58.4. The number of hydrogen-bond acceptors (Lipinski definition) is 23. The van der Waals surface area contributed by atoms with Crippen molar-refractivity contribution < 1.29 is 119 Å². The first-order chi connectivity index (χ1) is 36.9. The van der Waals surface area contributed by atoms with Gasteiger partial charge in [-0.1, -0.05) is 59.3 Å². The molecule has 4 saturated carbocycles. The van der Waals surface area contributed by atoms with Crippen LogP contribution in [0.1, 0.15) is 107 Å². The maximum Gasteiger partial charge on any atom is 0.335 e. The summed E-state index contributed by atoms with van der Waals surface area (Å²) in [6, 6.07) is 0. The van der Waals surface area contributed by atoms with Gasteiger partial charge in [0, 0.05) is 23.3 Å². The first-order valence-corrected chi connectivity index (χ1v) is 27.7. The third-order valence-electron chi connectivity index (χ3n) is 21.1. The molecule has 5 aliphatic carbocycles. The first kappa shape index (κ1) is 62.2. The highest BCUT2D eigenvalue weighted by atomic mass is 16.8. The SMILES string of the molecule is C/C=C(\C)C(=O)O[C@H]1[C@H](OC(C)=O)C2(CO)C(CC1(C)C)C1=CCC3C4(C)CC[C@H](O[C@@H]5O[C@H](C(=O)O)[C@@H](O[C@H]6O[C@H](CO)[C@@H](O)[C@H](O)[C@H]6O)[C@H](O)[C@H]5O[C@H]5O[C@H](CO)[C@@H](O)[C@H](O)[C@H]5O)[C@](C)(CO)C4CCC3(C)[C@]1(C)C[C@H]2O. The lowest BCUT2D eigenvalue weighted by Crippen LogP contribution is -2.72. The van der Waals surface area contributed by atoms with Crippen LogP contribution in [0, 0.1) is 50.2 Å². The number of aliphatic hydroxyl groups excluding tert-OH is 12. The molecule has 27 atom stereocenters. The highest BCUT2D eigenvalue weighted by molar-refractivity contribution is 5.87. The van der Waals surface area contributed by atoms with Crippen LogP contribution in [0.15, 0.2) is 23.3 Å². The molecule has 6 unspecified atom stereocenters. The molecule has 0 aromatic carbocycles. The highest BCUT2D eigenvalue weighted by Crippen LogP contribution is 2.76. The molecule has 0 amide bonds. The minimum Gasteiger partial charge on any atom is -0.479 e. The number of ether oxygens (including phenoxy) is 8. The predicted octanol–water partition coefficient (Wildman–Crippen LogP) is -1.32. The minimum absolute atomic E-state index is 0.0849. The van der Waals surface area contributed by atoms with Crippen LogP contribution in [0.25, 0.3) is 0 Å². The van der Waals surface area contributed by atoms with E-state index in [0.29, 0.717) is 37.7 Å². The number of aliphatic carboxylic acids is 1. The molecule has 3 saturated heterocycles.